The van der Waals surface area contributed by atoms with Crippen LogP contribution in [-0.4, -0.2) is 42.3 Å². The van der Waals surface area contributed by atoms with Crippen molar-refractivity contribution in [3.8, 4) is 0 Å². The van der Waals surface area contributed by atoms with Crippen molar-refractivity contribution < 1.29 is 14.4 Å². The summed E-state index contributed by atoms with van der Waals surface area (Å²) < 4.78 is 0. The Bertz CT molecular complexity index is 647. The van der Waals surface area contributed by atoms with Crippen LogP contribution >= 0.6 is 11.8 Å². The van der Waals surface area contributed by atoms with Gasteiger partial charge in [0.05, 0.1) is 0 Å². The highest BCUT2D eigenvalue weighted by Gasteiger charge is 2.20. The van der Waals surface area contributed by atoms with Crippen molar-refractivity contribution in [1.82, 2.24) is 10.6 Å². The van der Waals surface area contributed by atoms with Crippen LogP contribution in [0.5, 0.6) is 0 Å². The van der Waals surface area contributed by atoms with Gasteiger partial charge in [-0.15, -0.1) is 0 Å². The second kappa shape index (κ2) is 10.9. The maximum Gasteiger partial charge on any atom is 0.251 e. The zero-order valence-corrected chi connectivity index (χ0v) is 17.0. The quantitative estimate of drug-likeness (QED) is 0.615. The second-order valence-electron chi connectivity index (χ2n) is 6.66. The average Bonchev–Trinajstić information content (AvgIpc) is 2.57. The molecule has 1 rings (SSSR count). The Labute approximate surface area is 159 Å². The highest BCUT2D eigenvalue weighted by atomic mass is 32.2. The summed E-state index contributed by atoms with van der Waals surface area (Å²) in [4.78, 5) is 36.2. The number of hydrogen-bond acceptors (Lipinski definition) is 4. The van der Waals surface area contributed by atoms with E-state index in [2.05, 4.69) is 16.0 Å². The largest absolute Gasteiger partial charge is 0.352 e. The molecule has 0 fully saturated rings. The third kappa shape index (κ3) is 7.47. The number of anilines is 1. The molecule has 3 amide bonds. The van der Waals surface area contributed by atoms with Crippen molar-refractivity contribution in [3.63, 3.8) is 0 Å². The van der Waals surface area contributed by atoms with Gasteiger partial charge in [0.15, 0.2) is 0 Å². The first-order valence-corrected chi connectivity index (χ1v) is 10.1. The van der Waals surface area contributed by atoms with Crippen molar-refractivity contribution in [2.75, 3.05) is 23.9 Å². The molecule has 0 heterocycles. The maximum atomic E-state index is 12.6. The summed E-state index contributed by atoms with van der Waals surface area (Å²) in [5.74, 6) is 0.421. The van der Waals surface area contributed by atoms with Crippen molar-refractivity contribution in [1.29, 1.82) is 0 Å². The first kappa shape index (κ1) is 22.0. The van der Waals surface area contributed by atoms with E-state index in [1.54, 1.807) is 30.0 Å². The highest BCUT2D eigenvalue weighted by molar-refractivity contribution is 7.98. The summed E-state index contributed by atoms with van der Waals surface area (Å²) in [6, 6.07) is 4.61. The molecule has 1 atom stereocenters. The molecule has 1 aromatic carbocycles. The van der Waals surface area contributed by atoms with Crippen LogP contribution in [0.3, 0.4) is 0 Å². The molecule has 0 radical (unpaired) electrons. The molecule has 0 aliphatic heterocycles. The van der Waals surface area contributed by atoms with E-state index in [0.29, 0.717) is 30.1 Å². The van der Waals surface area contributed by atoms with Crippen LogP contribution < -0.4 is 16.0 Å². The van der Waals surface area contributed by atoms with Gasteiger partial charge >= 0.3 is 0 Å². The van der Waals surface area contributed by atoms with Gasteiger partial charge in [0.2, 0.25) is 11.8 Å². The fourth-order valence-electron chi connectivity index (χ4n) is 2.27. The van der Waals surface area contributed by atoms with E-state index in [1.807, 2.05) is 27.0 Å². The molecule has 0 aliphatic carbocycles. The molecule has 3 N–H and O–H groups in total. The average molecular weight is 380 g/mol. The number of carbonyl (C=O) groups excluding carboxylic acids is 3. The van der Waals surface area contributed by atoms with E-state index < -0.39 is 6.04 Å². The topological polar surface area (TPSA) is 87.3 Å². The number of aryl methyl sites for hydroxylation is 1. The maximum absolute atomic E-state index is 12.6. The summed E-state index contributed by atoms with van der Waals surface area (Å²) in [6.45, 7) is 7.90. The lowest BCUT2D eigenvalue weighted by molar-refractivity contribution is -0.125. The number of rotatable bonds is 9. The van der Waals surface area contributed by atoms with Crippen molar-refractivity contribution in [2.45, 2.75) is 40.2 Å². The molecule has 26 heavy (non-hydrogen) atoms. The zero-order chi connectivity index (χ0) is 19.7. The van der Waals surface area contributed by atoms with Gasteiger partial charge in [-0.1, -0.05) is 19.9 Å². The van der Waals surface area contributed by atoms with Crippen molar-refractivity contribution >= 4 is 35.2 Å². The summed E-state index contributed by atoms with van der Waals surface area (Å²) >= 11 is 1.61. The van der Waals surface area contributed by atoms with Crippen molar-refractivity contribution in [3.05, 3.63) is 29.3 Å². The predicted octanol–water partition coefficient (Wildman–Crippen LogP) is 2.58. The molecule has 0 unspecified atom stereocenters. The Balaban J connectivity index is 2.89. The van der Waals surface area contributed by atoms with Crippen LogP contribution in [0.4, 0.5) is 5.69 Å². The Kier molecular flexibility index (Phi) is 9.19. The molecular formula is C19H29N3O3S. The van der Waals surface area contributed by atoms with Crippen LogP contribution in [0.25, 0.3) is 0 Å². The molecule has 0 saturated heterocycles. The molecule has 1 aromatic rings. The predicted molar refractivity (Wildman–Crippen MR) is 108 cm³/mol. The smallest absolute Gasteiger partial charge is 0.251 e. The molecule has 6 nitrogen and oxygen atoms in total. The second-order valence-corrected chi connectivity index (χ2v) is 7.64. The number of thioether (sulfide) groups is 1. The monoisotopic (exact) mass is 379 g/mol. The number of benzene rings is 1. The lowest BCUT2D eigenvalue weighted by atomic mass is 10.1. The normalized spacial score (nSPS) is 11.8. The zero-order valence-electron chi connectivity index (χ0n) is 16.1. The molecule has 144 valence electrons. The minimum atomic E-state index is -0.599. The number of amides is 3. The van der Waals surface area contributed by atoms with E-state index in [-0.39, 0.29) is 17.7 Å². The standard InChI is InChI=1S/C19H29N3O3S/c1-12(2)11-20-18(24)15-7-6-13(3)17(10-15)22-19(25)16(8-9-26-5)21-14(4)23/h6-7,10,12,16H,8-9,11H2,1-5H3,(H,20,24)(H,21,23)(H,22,25)/t16-/m0/s1. The van der Waals surface area contributed by atoms with Gasteiger partial charge < -0.3 is 16.0 Å². The third-order valence-electron chi connectivity index (χ3n) is 3.73. The van der Waals surface area contributed by atoms with Crippen LogP contribution in [0.15, 0.2) is 18.2 Å². The summed E-state index contributed by atoms with van der Waals surface area (Å²) in [6.07, 6.45) is 2.49. The van der Waals surface area contributed by atoms with Crippen molar-refractivity contribution in [2.24, 2.45) is 5.92 Å². The Morgan fingerprint density at radius 1 is 1.19 bits per heavy atom. The Hall–Kier alpha value is -2.02. The third-order valence-corrected chi connectivity index (χ3v) is 4.38. The van der Waals surface area contributed by atoms with Gasteiger partial charge in [-0.25, -0.2) is 0 Å². The van der Waals surface area contributed by atoms with E-state index in [0.717, 1.165) is 11.3 Å². The molecule has 0 bridgehead atoms. The Morgan fingerprint density at radius 3 is 2.46 bits per heavy atom. The fraction of sp³-hybridized carbons (Fsp3) is 0.526. The first-order valence-electron chi connectivity index (χ1n) is 8.70. The van der Waals surface area contributed by atoms with E-state index in [1.165, 1.54) is 6.92 Å². The van der Waals surface area contributed by atoms with Gasteiger partial charge in [-0.2, -0.15) is 11.8 Å². The molecular weight excluding hydrogens is 350 g/mol. The van der Waals surface area contributed by atoms with Gasteiger partial charge in [-0.05, 0) is 49.0 Å². The summed E-state index contributed by atoms with van der Waals surface area (Å²) in [7, 11) is 0. The number of carbonyl (C=O) groups is 3. The minimum Gasteiger partial charge on any atom is -0.352 e. The Morgan fingerprint density at radius 2 is 1.88 bits per heavy atom. The van der Waals surface area contributed by atoms with Gasteiger partial charge in [0.25, 0.3) is 5.91 Å². The van der Waals surface area contributed by atoms with Crippen LogP contribution in [-0.2, 0) is 9.59 Å². The fourth-order valence-corrected chi connectivity index (χ4v) is 2.74. The summed E-state index contributed by atoms with van der Waals surface area (Å²) in [5.41, 5.74) is 1.92. The molecule has 0 aromatic heterocycles. The van der Waals surface area contributed by atoms with Gasteiger partial charge in [-0.3, -0.25) is 14.4 Å². The lowest BCUT2D eigenvalue weighted by Gasteiger charge is -2.18. The van der Waals surface area contributed by atoms with E-state index in [9.17, 15) is 14.4 Å². The van der Waals surface area contributed by atoms with Crippen LogP contribution in [0.2, 0.25) is 0 Å². The lowest BCUT2D eigenvalue weighted by Crippen LogP contribution is -2.43. The van der Waals surface area contributed by atoms with Gasteiger partial charge in [0, 0.05) is 24.7 Å². The van der Waals surface area contributed by atoms with Gasteiger partial charge in [0.1, 0.15) is 6.04 Å². The highest BCUT2D eigenvalue weighted by Crippen LogP contribution is 2.18. The summed E-state index contributed by atoms with van der Waals surface area (Å²) in [5, 5.41) is 8.39. The number of hydrogen-bond donors (Lipinski definition) is 3. The molecule has 0 aliphatic rings. The van der Waals surface area contributed by atoms with Crippen LogP contribution in [0.1, 0.15) is 43.1 Å². The SMILES string of the molecule is CSCC[C@H](NC(C)=O)C(=O)Nc1cc(C(=O)NCC(C)C)ccc1C. The minimum absolute atomic E-state index is 0.171. The first-order chi connectivity index (χ1) is 12.2. The molecule has 0 saturated carbocycles. The molecule has 7 heteroatoms. The van der Waals surface area contributed by atoms with E-state index >= 15 is 0 Å². The van der Waals surface area contributed by atoms with E-state index in [4.69, 9.17) is 0 Å². The van der Waals surface area contributed by atoms with Crippen LogP contribution in [0, 0.1) is 12.8 Å². The number of nitrogens with one attached hydrogen (secondary N) is 3. The molecule has 0 spiro atoms.